The van der Waals surface area contributed by atoms with Gasteiger partial charge in [-0.3, -0.25) is 10.1 Å². The van der Waals surface area contributed by atoms with E-state index in [0.717, 1.165) is 34.3 Å². The van der Waals surface area contributed by atoms with E-state index in [1.165, 1.54) is 16.9 Å². The molecule has 0 aliphatic heterocycles. The van der Waals surface area contributed by atoms with E-state index in [9.17, 15) is 4.79 Å². The molecule has 1 N–H and O–H groups in total. The number of carbonyl (C=O) groups excluding carboxylic acids is 1. The van der Waals surface area contributed by atoms with Crippen LogP contribution in [0.3, 0.4) is 0 Å². The fraction of sp³-hybridized carbons (Fsp3) is 0.333. The van der Waals surface area contributed by atoms with Crippen molar-refractivity contribution in [3.05, 3.63) is 70.2 Å². The molecule has 0 spiro atoms. The number of amides is 1. The monoisotopic (exact) mass is 456 g/mol. The van der Waals surface area contributed by atoms with E-state index in [1.807, 2.05) is 47.8 Å². The van der Waals surface area contributed by atoms with E-state index >= 15 is 0 Å². The van der Waals surface area contributed by atoms with Gasteiger partial charge in [0, 0.05) is 28.5 Å². The number of hydrogen-bond acceptors (Lipinski definition) is 6. The van der Waals surface area contributed by atoms with E-state index in [1.54, 1.807) is 26.0 Å². The minimum atomic E-state index is -0.141. The van der Waals surface area contributed by atoms with Crippen LogP contribution in [0.1, 0.15) is 48.0 Å². The first kappa shape index (κ1) is 23.2. The Morgan fingerprint density at radius 2 is 1.68 bits per heavy atom. The van der Waals surface area contributed by atoms with E-state index < -0.39 is 0 Å². The van der Waals surface area contributed by atoms with Crippen LogP contribution in [0.15, 0.2) is 47.8 Å². The van der Waals surface area contributed by atoms with Gasteiger partial charge in [-0.05, 0) is 40.8 Å². The van der Waals surface area contributed by atoms with Crippen LogP contribution in [0.5, 0.6) is 11.5 Å². The van der Waals surface area contributed by atoms with Crippen LogP contribution in [-0.4, -0.2) is 25.1 Å². The molecular weight excluding hydrogens is 428 g/mol. The lowest BCUT2D eigenvalue weighted by Gasteiger charge is -2.18. The van der Waals surface area contributed by atoms with Crippen molar-refractivity contribution in [1.82, 2.24) is 4.98 Å². The average molecular weight is 457 g/mol. The van der Waals surface area contributed by atoms with E-state index in [4.69, 9.17) is 9.47 Å². The standard InChI is InChI=1S/C24H28N2O3S2/c1-24(2,3)18-8-6-17(7-9-18)22(27)26-23-25-19(15-31-23)14-30-13-16-10-20(28-4)12-21(11-16)29-5/h6-12,15H,13-14H2,1-5H3,(H,25,26,27). The summed E-state index contributed by atoms with van der Waals surface area (Å²) < 4.78 is 10.6. The van der Waals surface area contributed by atoms with Crippen LogP contribution >= 0.6 is 23.1 Å². The lowest BCUT2D eigenvalue weighted by molar-refractivity contribution is 0.102. The predicted octanol–water partition coefficient (Wildman–Crippen LogP) is 6.14. The van der Waals surface area contributed by atoms with Gasteiger partial charge in [-0.25, -0.2) is 4.98 Å². The first-order valence-electron chi connectivity index (χ1n) is 9.94. The molecule has 0 bridgehead atoms. The maximum Gasteiger partial charge on any atom is 0.257 e. The van der Waals surface area contributed by atoms with E-state index in [2.05, 4.69) is 31.1 Å². The molecule has 5 nitrogen and oxygen atoms in total. The number of methoxy groups -OCH3 is 2. The Labute approximate surface area is 192 Å². The third-order valence-corrected chi connectivity index (χ3v) is 6.56. The molecule has 1 aromatic heterocycles. The first-order chi connectivity index (χ1) is 14.8. The smallest absolute Gasteiger partial charge is 0.257 e. The molecule has 164 valence electrons. The highest BCUT2D eigenvalue weighted by atomic mass is 32.2. The van der Waals surface area contributed by atoms with Crippen LogP contribution in [0.2, 0.25) is 0 Å². The number of rotatable bonds is 8. The molecule has 0 radical (unpaired) electrons. The summed E-state index contributed by atoms with van der Waals surface area (Å²) in [5, 5.41) is 5.50. The second-order valence-corrected chi connectivity index (χ2v) is 9.98. The molecule has 0 aliphatic carbocycles. The fourth-order valence-corrected chi connectivity index (χ4v) is 4.62. The summed E-state index contributed by atoms with van der Waals surface area (Å²) in [6.07, 6.45) is 0. The second kappa shape index (κ2) is 10.2. The van der Waals surface area contributed by atoms with Gasteiger partial charge in [0.1, 0.15) is 11.5 Å². The van der Waals surface area contributed by atoms with Crippen LogP contribution < -0.4 is 14.8 Å². The molecule has 0 unspecified atom stereocenters. The lowest BCUT2D eigenvalue weighted by atomic mass is 9.87. The van der Waals surface area contributed by atoms with Gasteiger partial charge in [0.25, 0.3) is 5.91 Å². The summed E-state index contributed by atoms with van der Waals surface area (Å²) in [7, 11) is 3.30. The van der Waals surface area contributed by atoms with Gasteiger partial charge >= 0.3 is 0 Å². The van der Waals surface area contributed by atoms with Gasteiger partial charge in [0.15, 0.2) is 5.13 Å². The van der Waals surface area contributed by atoms with E-state index in [-0.39, 0.29) is 11.3 Å². The molecule has 0 saturated carbocycles. The zero-order chi connectivity index (χ0) is 22.4. The third-order valence-electron chi connectivity index (χ3n) is 4.72. The average Bonchev–Trinajstić information content (AvgIpc) is 3.20. The summed E-state index contributed by atoms with van der Waals surface area (Å²) in [4.78, 5) is 17.1. The Balaban J connectivity index is 1.54. The summed E-state index contributed by atoms with van der Waals surface area (Å²) in [6, 6.07) is 13.6. The van der Waals surface area contributed by atoms with Gasteiger partial charge in [-0.15, -0.1) is 11.3 Å². The van der Waals surface area contributed by atoms with Crippen LogP contribution in [0.25, 0.3) is 0 Å². The molecule has 31 heavy (non-hydrogen) atoms. The van der Waals surface area contributed by atoms with E-state index in [0.29, 0.717) is 10.7 Å². The molecule has 0 aliphatic rings. The van der Waals surface area contributed by atoms with Crippen LogP contribution in [-0.2, 0) is 16.9 Å². The Morgan fingerprint density at radius 3 is 2.26 bits per heavy atom. The molecule has 1 heterocycles. The Kier molecular flexibility index (Phi) is 7.62. The number of anilines is 1. The Hall–Kier alpha value is -2.51. The molecule has 0 fully saturated rings. The minimum Gasteiger partial charge on any atom is -0.497 e. The van der Waals surface area contributed by atoms with Crippen LogP contribution in [0.4, 0.5) is 5.13 Å². The topological polar surface area (TPSA) is 60.5 Å². The molecule has 7 heteroatoms. The third kappa shape index (κ3) is 6.48. The minimum absolute atomic E-state index is 0.0624. The number of hydrogen-bond donors (Lipinski definition) is 1. The number of nitrogens with one attached hydrogen (secondary N) is 1. The SMILES string of the molecule is COc1cc(CSCc2csc(NC(=O)c3ccc(C(C)(C)C)cc3)n2)cc(OC)c1. The Morgan fingerprint density at radius 1 is 1.03 bits per heavy atom. The summed E-state index contributed by atoms with van der Waals surface area (Å²) in [6.45, 7) is 6.46. The maximum absolute atomic E-state index is 12.5. The lowest BCUT2D eigenvalue weighted by Crippen LogP contribution is -2.14. The van der Waals surface area contributed by atoms with Gasteiger partial charge in [-0.2, -0.15) is 11.8 Å². The van der Waals surface area contributed by atoms with Crippen molar-refractivity contribution in [2.24, 2.45) is 0 Å². The summed E-state index contributed by atoms with van der Waals surface area (Å²) in [5.74, 6) is 2.99. The van der Waals surface area contributed by atoms with Crippen LogP contribution in [0, 0.1) is 0 Å². The van der Waals surface area contributed by atoms with Crippen molar-refractivity contribution in [3.8, 4) is 11.5 Å². The van der Waals surface area contributed by atoms with Crippen molar-refractivity contribution >= 4 is 34.1 Å². The molecule has 3 rings (SSSR count). The predicted molar refractivity (Wildman–Crippen MR) is 130 cm³/mol. The van der Waals surface area contributed by atoms with Crippen molar-refractivity contribution in [3.63, 3.8) is 0 Å². The quantitative estimate of drug-likeness (QED) is 0.441. The van der Waals surface area contributed by atoms with Gasteiger partial charge in [0.05, 0.1) is 19.9 Å². The molecule has 1 amide bonds. The number of aromatic nitrogens is 1. The number of nitrogens with zero attached hydrogens (tertiary/aromatic N) is 1. The Bertz CT molecular complexity index is 1000. The number of ether oxygens (including phenoxy) is 2. The van der Waals surface area contributed by atoms with Crippen molar-refractivity contribution in [1.29, 1.82) is 0 Å². The number of carbonyl (C=O) groups is 1. The van der Waals surface area contributed by atoms with Crippen molar-refractivity contribution in [2.75, 3.05) is 19.5 Å². The van der Waals surface area contributed by atoms with Gasteiger partial charge in [-0.1, -0.05) is 32.9 Å². The van der Waals surface area contributed by atoms with Crippen molar-refractivity contribution < 1.29 is 14.3 Å². The molecule has 0 atom stereocenters. The van der Waals surface area contributed by atoms with Crippen molar-refractivity contribution in [2.45, 2.75) is 37.7 Å². The molecular formula is C24H28N2O3S2. The molecule has 2 aromatic carbocycles. The second-order valence-electron chi connectivity index (χ2n) is 8.14. The molecule has 0 saturated heterocycles. The number of thiazole rings is 1. The normalized spacial score (nSPS) is 11.3. The maximum atomic E-state index is 12.5. The zero-order valence-electron chi connectivity index (χ0n) is 18.5. The largest absolute Gasteiger partial charge is 0.497 e. The summed E-state index contributed by atoms with van der Waals surface area (Å²) in [5.41, 5.74) is 3.97. The zero-order valence-corrected chi connectivity index (χ0v) is 20.2. The first-order valence-corrected chi connectivity index (χ1v) is 12.0. The molecule has 3 aromatic rings. The number of benzene rings is 2. The highest BCUT2D eigenvalue weighted by molar-refractivity contribution is 7.97. The number of thioether (sulfide) groups is 1. The summed E-state index contributed by atoms with van der Waals surface area (Å²) >= 11 is 3.19. The van der Waals surface area contributed by atoms with Gasteiger partial charge < -0.3 is 9.47 Å². The highest BCUT2D eigenvalue weighted by Crippen LogP contribution is 2.27. The van der Waals surface area contributed by atoms with Gasteiger partial charge in [0.2, 0.25) is 0 Å². The fourth-order valence-electron chi connectivity index (χ4n) is 2.94. The highest BCUT2D eigenvalue weighted by Gasteiger charge is 2.15.